The normalized spacial score (nSPS) is 29.5. The lowest BCUT2D eigenvalue weighted by Crippen LogP contribution is -2.55. The largest absolute Gasteiger partial charge is 0.492 e. The van der Waals surface area contributed by atoms with E-state index in [1.54, 1.807) is 0 Å². The third-order valence-corrected chi connectivity index (χ3v) is 3.68. The van der Waals surface area contributed by atoms with Gasteiger partial charge in [-0.3, -0.25) is 4.79 Å². The monoisotopic (exact) mass is 270 g/mol. The zero-order valence-electron chi connectivity index (χ0n) is 12.2. The molecule has 2 rings (SSSR count). The number of carbonyl (C=O) groups is 1. The highest BCUT2D eigenvalue weighted by Crippen LogP contribution is 2.45. The molecule has 0 radical (unpaired) electrons. The molecule has 1 heterocycles. The molecule has 2 aliphatic rings. The van der Waals surface area contributed by atoms with Crippen LogP contribution in [0.25, 0.3) is 0 Å². The van der Waals surface area contributed by atoms with Gasteiger partial charge in [-0.05, 0) is 0 Å². The van der Waals surface area contributed by atoms with Gasteiger partial charge in [0.2, 0.25) is 23.1 Å². The van der Waals surface area contributed by atoms with Gasteiger partial charge in [0.25, 0.3) is 0 Å². The van der Waals surface area contributed by atoms with E-state index in [2.05, 4.69) is 13.8 Å². The Morgan fingerprint density at radius 3 is 2.21 bits per heavy atom. The minimum atomic E-state index is -0.997. The van der Waals surface area contributed by atoms with E-state index in [-0.39, 0.29) is 22.9 Å². The number of allylic oxidation sites excluding steroid dienone is 1. The summed E-state index contributed by atoms with van der Waals surface area (Å²) in [5.41, 5.74) is -0.0431. The van der Waals surface area contributed by atoms with Gasteiger partial charge in [0, 0.05) is 17.8 Å². The van der Waals surface area contributed by atoms with Crippen LogP contribution in [0, 0.1) is 11.3 Å². The molecule has 0 aromatic rings. The zero-order valence-corrected chi connectivity index (χ0v) is 12.2. The Morgan fingerprint density at radius 1 is 1.16 bits per heavy atom. The maximum absolute atomic E-state index is 12.0. The number of methoxy groups -OCH3 is 2. The number of hydrogen-bond acceptors (Lipinski definition) is 5. The fraction of sp³-hybridized carbons (Fsp3) is 0.786. The highest BCUT2D eigenvalue weighted by molar-refractivity contribution is 5.95. The van der Waals surface area contributed by atoms with Crippen LogP contribution in [0.15, 0.2) is 11.5 Å². The van der Waals surface area contributed by atoms with Crippen LogP contribution in [-0.4, -0.2) is 39.0 Å². The van der Waals surface area contributed by atoms with Gasteiger partial charge < -0.3 is 18.9 Å². The number of ketones is 1. The van der Waals surface area contributed by atoms with Crippen LogP contribution in [0.4, 0.5) is 0 Å². The van der Waals surface area contributed by atoms with Crippen molar-refractivity contribution < 1.29 is 23.7 Å². The summed E-state index contributed by atoms with van der Waals surface area (Å²) in [6, 6.07) is 0. The third kappa shape index (κ3) is 2.25. The van der Waals surface area contributed by atoms with Crippen molar-refractivity contribution >= 4 is 5.78 Å². The average molecular weight is 270 g/mol. The maximum atomic E-state index is 12.0. The van der Waals surface area contributed by atoms with Gasteiger partial charge in [-0.2, -0.15) is 0 Å². The summed E-state index contributed by atoms with van der Waals surface area (Å²) in [5, 5.41) is 0. The van der Waals surface area contributed by atoms with Crippen LogP contribution in [0.5, 0.6) is 0 Å². The predicted octanol–water partition coefficient (Wildman–Crippen LogP) is 1.87. The smallest absolute Gasteiger partial charge is 0.234 e. The van der Waals surface area contributed by atoms with Crippen LogP contribution in [0.3, 0.4) is 0 Å². The highest BCUT2D eigenvalue weighted by Gasteiger charge is 2.54. The molecule has 0 aromatic heterocycles. The van der Waals surface area contributed by atoms with E-state index in [1.807, 2.05) is 6.92 Å². The van der Waals surface area contributed by atoms with Crippen molar-refractivity contribution in [2.75, 3.05) is 27.4 Å². The van der Waals surface area contributed by atoms with E-state index in [4.69, 9.17) is 18.9 Å². The molecule has 1 atom stereocenters. The Bertz CT molecular complexity index is 400. The number of ether oxygens (including phenoxy) is 4. The second-order valence-electron chi connectivity index (χ2n) is 6.00. The van der Waals surface area contributed by atoms with Gasteiger partial charge in [0.1, 0.15) is 0 Å². The minimum Gasteiger partial charge on any atom is -0.492 e. The van der Waals surface area contributed by atoms with E-state index in [0.29, 0.717) is 25.4 Å². The molecule has 1 saturated heterocycles. The van der Waals surface area contributed by atoms with Gasteiger partial charge in [0.15, 0.2) is 0 Å². The van der Waals surface area contributed by atoms with Gasteiger partial charge in [-0.25, -0.2) is 0 Å². The Morgan fingerprint density at radius 2 is 1.74 bits per heavy atom. The molecular formula is C14H22O5. The lowest BCUT2D eigenvalue weighted by atomic mass is 9.84. The van der Waals surface area contributed by atoms with Crippen LogP contribution in [0.2, 0.25) is 0 Å². The predicted molar refractivity (Wildman–Crippen MR) is 68.2 cm³/mol. The van der Waals surface area contributed by atoms with Crippen LogP contribution in [-0.2, 0) is 23.7 Å². The summed E-state index contributed by atoms with van der Waals surface area (Å²) in [5.74, 6) is -0.613. The first-order valence-electron chi connectivity index (χ1n) is 6.50. The van der Waals surface area contributed by atoms with Crippen LogP contribution < -0.4 is 0 Å². The molecule has 5 nitrogen and oxygen atoms in total. The zero-order chi connectivity index (χ0) is 14.3. The number of Topliss-reactive ketones (excluding diaryl/α,β-unsaturated/α-hetero) is 1. The van der Waals surface area contributed by atoms with Gasteiger partial charge in [-0.1, -0.05) is 20.8 Å². The SMILES string of the molecule is COC1=C(OC)C2(OCC(C)(C)CO2)[C@H](C)CC1=O. The molecule has 19 heavy (non-hydrogen) atoms. The number of carbonyl (C=O) groups excluding carboxylic acids is 1. The van der Waals surface area contributed by atoms with Gasteiger partial charge in [0.05, 0.1) is 27.4 Å². The van der Waals surface area contributed by atoms with Crippen molar-refractivity contribution in [3.05, 3.63) is 11.5 Å². The van der Waals surface area contributed by atoms with Crippen molar-refractivity contribution in [1.82, 2.24) is 0 Å². The molecule has 108 valence electrons. The lowest BCUT2D eigenvalue weighted by molar-refractivity contribution is -0.315. The fourth-order valence-corrected chi connectivity index (χ4v) is 2.56. The van der Waals surface area contributed by atoms with E-state index >= 15 is 0 Å². The van der Waals surface area contributed by atoms with E-state index in [0.717, 1.165) is 0 Å². The second-order valence-corrected chi connectivity index (χ2v) is 6.00. The molecule has 1 aliphatic carbocycles. The molecule has 0 saturated carbocycles. The van der Waals surface area contributed by atoms with Crippen molar-refractivity contribution in [2.24, 2.45) is 11.3 Å². The molecule has 0 N–H and O–H groups in total. The molecule has 1 spiro atoms. The van der Waals surface area contributed by atoms with Crippen molar-refractivity contribution in [3.63, 3.8) is 0 Å². The van der Waals surface area contributed by atoms with E-state index < -0.39 is 5.79 Å². The summed E-state index contributed by atoms with van der Waals surface area (Å²) in [6.07, 6.45) is 0.330. The molecule has 1 aliphatic heterocycles. The first-order valence-corrected chi connectivity index (χ1v) is 6.50. The summed E-state index contributed by atoms with van der Waals surface area (Å²) in [6.45, 7) is 7.18. The quantitative estimate of drug-likeness (QED) is 0.766. The topological polar surface area (TPSA) is 54.0 Å². The first kappa shape index (κ1) is 14.3. The van der Waals surface area contributed by atoms with E-state index in [9.17, 15) is 4.79 Å². The van der Waals surface area contributed by atoms with E-state index in [1.165, 1.54) is 14.2 Å². The first-order chi connectivity index (χ1) is 8.86. The van der Waals surface area contributed by atoms with Gasteiger partial charge >= 0.3 is 0 Å². The highest BCUT2D eigenvalue weighted by atomic mass is 16.7. The summed E-state index contributed by atoms with van der Waals surface area (Å²) in [7, 11) is 2.97. The summed E-state index contributed by atoms with van der Waals surface area (Å²) >= 11 is 0. The third-order valence-electron chi connectivity index (χ3n) is 3.68. The number of rotatable bonds is 2. The maximum Gasteiger partial charge on any atom is 0.234 e. The second kappa shape index (κ2) is 4.80. The standard InChI is InChI=1S/C14H22O5/c1-9-6-10(15)11(16-4)12(17-5)14(9)18-7-13(2,3)8-19-14/h9H,6-8H2,1-5H3/t9-/m1/s1. The molecule has 0 aromatic carbocycles. The minimum absolute atomic E-state index is 0.0431. The molecule has 0 bridgehead atoms. The molecule has 1 fully saturated rings. The Kier molecular flexibility index (Phi) is 3.62. The lowest BCUT2D eigenvalue weighted by Gasteiger charge is -2.48. The summed E-state index contributed by atoms with van der Waals surface area (Å²) < 4.78 is 22.5. The van der Waals surface area contributed by atoms with Gasteiger partial charge in [-0.15, -0.1) is 0 Å². The average Bonchev–Trinajstić information content (AvgIpc) is 2.35. The van der Waals surface area contributed by atoms with Crippen molar-refractivity contribution in [3.8, 4) is 0 Å². The summed E-state index contributed by atoms with van der Waals surface area (Å²) in [4.78, 5) is 12.0. The molecular weight excluding hydrogens is 248 g/mol. The molecule has 0 amide bonds. The van der Waals surface area contributed by atoms with Crippen LogP contribution in [0.1, 0.15) is 27.2 Å². The molecule has 5 heteroatoms. The van der Waals surface area contributed by atoms with Crippen molar-refractivity contribution in [2.45, 2.75) is 33.0 Å². The number of hydrogen-bond donors (Lipinski definition) is 0. The van der Waals surface area contributed by atoms with Crippen molar-refractivity contribution in [1.29, 1.82) is 0 Å². The fourth-order valence-electron chi connectivity index (χ4n) is 2.56. The Labute approximate surface area is 113 Å². The molecule has 0 unspecified atom stereocenters. The van der Waals surface area contributed by atoms with Crippen LogP contribution >= 0.6 is 0 Å². The Hall–Kier alpha value is -1.07. The Balaban J connectivity index is 2.42.